The number of carbonyl (C=O) groups excluding carboxylic acids is 2. The van der Waals surface area contributed by atoms with E-state index in [1.165, 1.54) is 0 Å². The number of aromatic nitrogens is 1. The van der Waals surface area contributed by atoms with Crippen LogP contribution in [0.4, 0.5) is 0 Å². The van der Waals surface area contributed by atoms with Crippen molar-refractivity contribution in [3.05, 3.63) is 59.3 Å². The molecule has 3 rings (SSSR count). The molecule has 0 bridgehead atoms. The second-order valence-corrected chi connectivity index (χ2v) is 9.19. The standard InChI is InChI=1S/C28H35N3O4/c1-5-6-8-13-23-14-24-27(29-16-23)35-25(20(2)17-31(28(24)34)21(3)19-32)18-30(4)26(33)15-22-11-9-7-10-12-22/h7,9-12,14,16,20-21,25,32H,5-6,15,17-19H2,1-4H3/t20-,21-,25+/m0/s1. The first-order chi connectivity index (χ1) is 16.8. The molecule has 7 heteroatoms. The van der Waals surface area contributed by atoms with E-state index in [0.29, 0.717) is 30.6 Å². The van der Waals surface area contributed by atoms with Crippen molar-refractivity contribution in [3.8, 4) is 17.7 Å². The van der Waals surface area contributed by atoms with Crippen LogP contribution in [0.2, 0.25) is 0 Å². The highest BCUT2D eigenvalue weighted by molar-refractivity contribution is 5.97. The summed E-state index contributed by atoms with van der Waals surface area (Å²) in [5.41, 5.74) is 1.92. The summed E-state index contributed by atoms with van der Waals surface area (Å²) in [7, 11) is 1.76. The van der Waals surface area contributed by atoms with Gasteiger partial charge in [-0.05, 0) is 25.0 Å². The number of fused-ring (bicyclic) bond motifs is 1. The van der Waals surface area contributed by atoms with Gasteiger partial charge in [-0.1, -0.05) is 56.0 Å². The molecule has 0 aliphatic carbocycles. The number of unbranched alkanes of at least 4 members (excludes halogenated alkanes) is 1. The van der Waals surface area contributed by atoms with E-state index in [0.717, 1.165) is 18.4 Å². The fraction of sp³-hybridized carbons (Fsp3) is 0.464. The number of hydrogen-bond acceptors (Lipinski definition) is 5. The Hall–Kier alpha value is -3.37. The summed E-state index contributed by atoms with van der Waals surface area (Å²) in [4.78, 5) is 34.1. The van der Waals surface area contributed by atoms with Crippen LogP contribution in [0.25, 0.3) is 0 Å². The van der Waals surface area contributed by atoms with E-state index in [1.807, 2.05) is 44.2 Å². The zero-order chi connectivity index (χ0) is 25.4. The van der Waals surface area contributed by atoms with Crippen molar-refractivity contribution in [1.82, 2.24) is 14.8 Å². The van der Waals surface area contributed by atoms with Gasteiger partial charge in [0.05, 0.1) is 25.6 Å². The van der Waals surface area contributed by atoms with Gasteiger partial charge in [-0.2, -0.15) is 0 Å². The van der Waals surface area contributed by atoms with Crippen LogP contribution in [-0.4, -0.2) is 70.6 Å². The van der Waals surface area contributed by atoms with Gasteiger partial charge < -0.3 is 19.6 Å². The summed E-state index contributed by atoms with van der Waals surface area (Å²) in [5, 5.41) is 9.81. The third kappa shape index (κ3) is 6.83. The van der Waals surface area contributed by atoms with Crippen molar-refractivity contribution in [2.75, 3.05) is 26.7 Å². The Kier molecular flexibility index (Phi) is 9.27. The van der Waals surface area contributed by atoms with Crippen LogP contribution in [0.5, 0.6) is 5.88 Å². The predicted molar refractivity (Wildman–Crippen MR) is 135 cm³/mol. The lowest BCUT2D eigenvalue weighted by molar-refractivity contribution is -0.130. The molecule has 1 aliphatic heterocycles. The monoisotopic (exact) mass is 477 g/mol. The number of amides is 2. The van der Waals surface area contributed by atoms with E-state index in [2.05, 4.69) is 23.7 Å². The Morgan fingerprint density at radius 1 is 1.34 bits per heavy atom. The smallest absolute Gasteiger partial charge is 0.259 e. The normalized spacial score (nSPS) is 18.3. The van der Waals surface area contributed by atoms with Gasteiger partial charge in [0.1, 0.15) is 11.7 Å². The summed E-state index contributed by atoms with van der Waals surface area (Å²) >= 11 is 0. The molecule has 0 saturated carbocycles. The molecule has 7 nitrogen and oxygen atoms in total. The Balaban J connectivity index is 1.87. The number of likely N-dealkylation sites (N-methyl/N-ethyl adjacent to an activating group) is 1. The molecule has 3 atom stereocenters. The van der Waals surface area contributed by atoms with Gasteiger partial charge in [-0.3, -0.25) is 9.59 Å². The zero-order valence-corrected chi connectivity index (χ0v) is 21.0. The molecule has 1 aliphatic rings. The molecule has 0 unspecified atom stereocenters. The van der Waals surface area contributed by atoms with Crippen LogP contribution in [-0.2, 0) is 11.2 Å². The minimum absolute atomic E-state index is 0.0135. The summed E-state index contributed by atoms with van der Waals surface area (Å²) in [6.45, 7) is 6.44. The Morgan fingerprint density at radius 2 is 2.09 bits per heavy atom. The molecular formula is C28H35N3O4. The Morgan fingerprint density at radius 3 is 2.77 bits per heavy atom. The van der Waals surface area contributed by atoms with Crippen LogP contribution >= 0.6 is 0 Å². The van der Waals surface area contributed by atoms with Crippen molar-refractivity contribution >= 4 is 11.8 Å². The maximum atomic E-state index is 13.4. The third-order valence-electron chi connectivity index (χ3n) is 6.21. The highest BCUT2D eigenvalue weighted by atomic mass is 16.5. The van der Waals surface area contributed by atoms with Crippen LogP contribution < -0.4 is 4.74 Å². The molecule has 1 aromatic heterocycles. The number of nitrogens with zero attached hydrogens (tertiary/aromatic N) is 3. The molecule has 186 valence electrons. The van der Waals surface area contributed by atoms with Crippen LogP contribution in [0, 0.1) is 17.8 Å². The second-order valence-electron chi connectivity index (χ2n) is 9.19. The van der Waals surface area contributed by atoms with E-state index < -0.39 is 0 Å². The average Bonchev–Trinajstić information content (AvgIpc) is 2.86. The number of benzene rings is 1. The quantitative estimate of drug-likeness (QED) is 0.620. The average molecular weight is 478 g/mol. The molecule has 2 heterocycles. The van der Waals surface area contributed by atoms with Gasteiger partial charge in [0.15, 0.2) is 0 Å². The second kappa shape index (κ2) is 12.4. The summed E-state index contributed by atoms with van der Waals surface area (Å²) in [6.07, 6.45) is 3.25. The number of ether oxygens (including phenoxy) is 1. The number of hydrogen-bond donors (Lipinski definition) is 1. The molecule has 0 spiro atoms. The van der Waals surface area contributed by atoms with Crippen LogP contribution in [0.1, 0.15) is 55.1 Å². The van der Waals surface area contributed by atoms with Gasteiger partial charge in [0.25, 0.3) is 5.91 Å². The minimum atomic E-state index is -0.385. The highest BCUT2D eigenvalue weighted by Crippen LogP contribution is 2.27. The molecule has 2 aromatic rings. The molecule has 2 amide bonds. The van der Waals surface area contributed by atoms with Gasteiger partial charge in [-0.15, -0.1) is 0 Å². The topological polar surface area (TPSA) is 83.0 Å². The van der Waals surface area contributed by atoms with Crippen molar-refractivity contribution in [2.45, 2.75) is 52.2 Å². The first-order valence-corrected chi connectivity index (χ1v) is 12.2. The van der Waals surface area contributed by atoms with E-state index >= 15 is 0 Å². The highest BCUT2D eigenvalue weighted by Gasteiger charge is 2.34. The SMILES string of the molecule is CCCC#Cc1cnc2c(c1)C(=O)N([C@@H](C)CO)C[C@H](C)[C@@H](CN(C)C(=O)Cc1ccccc1)O2. The van der Waals surface area contributed by atoms with E-state index in [1.54, 1.807) is 29.1 Å². The Bertz CT molecular complexity index is 1080. The van der Waals surface area contributed by atoms with Gasteiger partial charge in [-0.25, -0.2) is 4.98 Å². The Labute approximate surface area is 208 Å². The molecule has 1 N–H and O–H groups in total. The minimum Gasteiger partial charge on any atom is -0.472 e. The number of aliphatic hydroxyl groups excluding tert-OH is 1. The third-order valence-corrected chi connectivity index (χ3v) is 6.21. The lowest BCUT2D eigenvalue weighted by atomic mass is 9.99. The molecule has 35 heavy (non-hydrogen) atoms. The van der Waals surface area contributed by atoms with Crippen molar-refractivity contribution in [2.24, 2.45) is 5.92 Å². The van der Waals surface area contributed by atoms with Gasteiger partial charge in [0, 0.05) is 37.7 Å². The summed E-state index contributed by atoms with van der Waals surface area (Å²) in [5.74, 6) is 6.01. The lowest BCUT2D eigenvalue weighted by Crippen LogP contribution is -2.50. The first-order valence-electron chi connectivity index (χ1n) is 12.2. The number of pyridine rings is 1. The van der Waals surface area contributed by atoms with E-state index in [9.17, 15) is 14.7 Å². The molecular weight excluding hydrogens is 442 g/mol. The molecule has 0 fully saturated rings. The van der Waals surface area contributed by atoms with Crippen molar-refractivity contribution in [3.63, 3.8) is 0 Å². The maximum Gasteiger partial charge on any atom is 0.259 e. The van der Waals surface area contributed by atoms with E-state index in [4.69, 9.17) is 4.74 Å². The largest absolute Gasteiger partial charge is 0.472 e. The fourth-order valence-corrected chi connectivity index (χ4v) is 3.96. The van der Waals surface area contributed by atoms with Crippen LogP contribution in [0.3, 0.4) is 0 Å². The lowest BCUT2D eigenvalue weighted by Gasteiger charge is -2.37. The fourth-order valence-electron chi connectivity index (χ4n) is 3.96. The first kappa shape index (κ1) is 26.2. The van der Waals surface area contributed by atoms with Crippen molar-refractivity contribution < 1.29 is 19.4 Å². The zero-order valence-electron chi connectivity index (χ0n) is 21.0. The molecule has 1 aromatic carbocycles. The van der Waals surface area contributed by atoms with Crippen molar-refractivity contribution in [1.29, 1.82) is 0 Å². The number of rotatable bonds is 7. The van der Waals surface area contributed by atoms with Gasteiger partial charge >= 0.3 is 0 Å². The van der Waals surface area contributed by atoms with Crippen LogP contribution in [0.15, 0.2) is 42.6 Å². The predicted octanol–water partition coefficient (Wildman–Crippen LogP) is 3.15. The number of carbonyl (C=O) groups is 2. The number of aliphatic hydroxyl groups is 1. The summed E-state index contributed by atoms with van der Waals surface area (Å²) < 4.78 is 6.27. The molecule has 0 radical (unpaired) electrons. The summed E-state index contributed by atoms with van der Waals surface area (Å²) in [6, 6.07) is 11.0. The molecule has 0 saturated heterocycles. The van der Waals surface area contributed by atoms with E-state index in [-0.39, 0.29) is 42.4 Å². The maximum absolute atomic E-state index is 13.4. The van der Waals surface area contributed by atoms with Gasteiger partial charge in [0.2, 0.25) is 11.8 Å².